The molecule has 38 heavy (non-hydrogen) atoms. The lowest BCUT2D eigenvalue weighted by atomic mass is 9.77. The Morgan fingerprint density at radius 3 is 2.50 bits per heavy atom. The highest BCUT2D eigenvalue weighted by Crippen LogP contribution is 2.39. The normalized spacial score (nSPS) is 14.7. The number of rotatable bonds is 8. The van der Waals surface area contributed by atoms with E-state index in [1.807, 2.05) is 41.3 Å². The molecular weight excluding hydrogens is 529 g/mol. The number of nitrogens with one attached hydrogen (secondary N) is 1. The molecule has 0 aliphatic carbocycles. The van der Waals surface area contributed by atoms with Crippen molar-refractivity contribution in [2.24, 2.45) is 0 Å². The molecule has 1 aromatic heterocycles. The van der Waals surface area contributed by atoms with Crippen LogP contribution in [0.5, 0.6) is 5.75 Å². The van der Waals surface area contributed by atoms with Crippen molar-refractivity contribution in [2.75, 3.05) is 29.0 Å². The Hall–Kier alpha value is -3.42. The van der Waals surface area contributed by atoms with Crippen LogP contribution in [0, 0.1) is 11.3 Å². The fourth-order valence-corrected chi connectivity index (χ4v) is 5.19. The summed E-state index contributed by atoms with van der Waals surface area (Å²) in [6.45, 7) is 5.31. The van der Waals surface area contributed by atoms with Crippen LogP contribution in [0.4, 0.5) is 16.0 Å². The van der Waals surface area contributed by atoms with E-state index in [1.165, 1.54) is 6.20 Å². The molecule has 200 valence electrons. The predicted molar refractivity (Wildman–Crippen MR) is 146 cm³/mol. The summed E-state index contributed by atoms with van der Waals surface area (Å²) >= 11 is 6.69. The third-order valence-electron chi connectivity index (χ3n) is 6.60. The Balaban J connectivity index is 1.49. The Morgan fingerprint density at radius 2 is 1.87 bits per heavy atom. The van der Waals surface area contributed by atoms with E-state index < -0.39 is 21.6 Å². The summed E-state index contributed by atoms with van der Waals surface area (Å²) in [5.74, 6) is 0.599. The van der Waals surface area contributed by atoms with E-state index in [0.29, 0.717) is 53.6 Å². The van der Waals surface area contributed by atoms with Crippen LogP contribution in [-0.2, 0) is 22.0 Å². The van der Waals surface area contributed by atoms with Crippen molar-refractivity contribution in [3.05, 3.63) is 76.1 Å². The summed E-state index contributed by atoms with van der Waals surface area (Å²) in [5, 5.41) is 10.4. The number of anilines is 2. The lowest BCUT2D eigenvalue weighted by molar-refractivity contribution is 0.277. The number of ether oxygens (including phenoxy) is 1. The maximum absolute atomic E-state index is 13.6. The molecule has 0 atom stereocenters. The molecule has 1 aliphatic rings. The van der Waals surface area contributed by atoms with Crippen molar-refractivity contribution < 1.29 is 17.5 Å². The van der Waals surface area contributed by atoms with Gasteiger partial charge in [0.25, 0.3) is 0 Å². The van der Waals surface area contributed by atoms with E-state index >= 15 is 0 Å². The van der Waals surface area contributed by atoms with Crippen LogP contribution in [0.25, 0.3) is 0 Å². The molecule has 0 unspecified atom stereocenters. The minimum absolute atomic E-state index is 0.0148. The van der Waals surface area contributed by atoms with Crippen molar-refractivity contribution in [2.45, 2.75) is 44.9 Å². The van der Waals surface area contributed by atoms with Gasteiger partial charge in [-0.25, -0.2) is 22.8 Å². The highest BCUT2D eigenvalue weighted by atomic mass is 35.5. The van der Waals surface area contributed by atoms with Gasteiger partial charge in [0.1, 0.15) is 24.6 Å². The summed E-state index contributed by atoms with van der Waals surface area (Å²) in [6, 6.07) is 15.3. The zero-order valence-electron chi connectivity index (χ0n) is 21.4. The van der Waals surface area contributed by atoms with Gasteiger partial charge in [0.05, 0.1) is 28.2 Å². The van der Waals surface area contributed by atoms with Crippen molar-refractivity contribution in [3.63, 3.8) is 0 Å². The quantitative estimate of drug-likeness (QED) is 0.404. The first-order valence-corrected chi connectivity index (χ1v) is 14.4. The number of piperidine rings is 1. The molecule has 0 radical (unpaired) electrons. The van der Waals surface area contributed by atoms with Gasteiger partial charge in [-0.05, 0) is 54.3 Å². The minimum atomic E-state index is -3.48. The van der Waals surface area contributed by atoms with Gasteiger partial charge in [0.2, 0.25) is 16.0 Å². The van der Waals surface area contributed by atoms with Gasteiger partial charge in [-0.15, -0.1) is 0 Å². The maximum Gasteiger partial charge on any atom is 0.236 e. The molecule has 0 bridgehead atoms. The first-order chi connectivity index (χ1) is 18.0. The van der Waals surface area contributed by atoms with Gasteiger partial charge in [0.15, 0.2) is 0 Å². The summed E-state index contributed by atoms with van der Waals surface area (Å²) < 4.78 is 44.5. The molecule has 8 nitrogen and oxygen atoms in total. The van der Waals surface area contributed by atoms with E-state index in [4.69, 9.17) is 16.3 Å². The Morgan fingerprint density at radius 1 is 1.18 bits per heavy atom. The van der Waals surface area contributed by atoms with Crippen molar-refractivity contribution in [1.29, 1.82) is 5.26 Å². The predicted octanol–water partition coefficient (Wildman–Crippen LogP) is 5.22. The molecule has 0 saturated carbocycles. The first kappa shape index (κ1) is 27.6. The average Bonchev–Trinajstić information content (AvgIpc) is 2.87. The fraction of sp³-hybridized carbons (Fsp3) is 0.370. The van der Waals surface area contributed by atoms with E-state index in [1.54, 1.807) is 6.07 Å². The first-order valence-electron chi connectivity index (χ1n) is 12.1. The van der Waals surface area contributed by atoms with Crippen LogP contribution in [0.3, 0.4) is 0 Å². The fourth-order valence-electron chi connectivity index (χ4n) is 4.42. The topological polar surface area (TPSA) is 108 Å². The molecule has 4 rings (SSSR count). The molecular formula is C27H29ClFN5O3S. The van der Waals surface area contributed by atoms with Gasteiger partial charge in [-0.2, -0.15) is 5.26 Å². The highest BCUT2D eigenvalue weighted by molar-refractivity contribution is 7.91. The largest absolute Gasteiger partial charge is 0.487 e. The molecule has 3 aromatic rings. The summed E-state index contributed by atoms with van der Waals surface area (Å²) in [4.78, 5) is 10.0. The SMILES string of the molecule is CC(C)(c1ccc(OCc2ccnc(NS(C)(=O)=O)n2)cc1)c1cc(Cl)c(N2CCC(F)CC2)c(C#N)c1. The second kappa shape index (κ2) is 11.1. The maximum atomic E-state index is 13.6. The lowest BCUT2D eigenvalue weighted by Crippen LogP contribution is -2.35. The van der Waals surface area contributed by atoms with Crippen LogP contribution < -0.4 is 14.4 Å². The van der Waals surface area contributed by atoms with E-state index in [2.05, 4.69) is 34.6 Å². The summed E-state index contributed by atoms with van der Waals surface area (Å²) in [6.07, 6.45) is 2.54. The van der Waals surface area contributed by atoms with Crippen LogP contribution in [0.15, 0.2) is 48.7 Å². The van der Waals surface area contributed by atoms with Gasteiger partial charge < -0.3 is 9.64 Å². The molecule has 1 N–H and O–H groups in total. The zero-order valence-corrected chi connectivity index (χ0v) is 23.0. The monoisotopic (exact) mass is 557 g/mol. The van der Waals surface area contributed by atoms with Gasteiger partial charge >= 0.3 is 0 Å². The number of nitriles is 1. The number of aromatic nitrogens is 2. The number of hydrogen-bond acceptors (Lipinski definition) is 7. The van der Waals surface area contributed by atoms with Crippen LogP contribution in [-0.4, -0.2) is 43.9 Å². The van der Waals surface area contributed by atoms with E-state index in [-0.39, 0.29) is 12.6 Å². The molecule has 1 fully saturated rings. The van der Waals surface area contributed by atoms with Crippen molar-refractivity contribution in [1.82, 2.24) is 9.97 Å². The summed E-state index contributed by atoms with van der Waals surface area (Å²) in [7, 11) is -3.48. The molecule has 0 amide bonds. The molecule has 11 heteroatoms. The van der Waals surface area contributed by atoms with Crippen LogP contribution >= 0.6 is 11.6 Å². The number of sulfonamides is 1. The number of hydrogen-bond donors (Lipinski definition) is 1. The number of alkyl halides is 1. The van der Waals surface area contributed by atoms with Crippen LogP contribution in [0.1, 0.15) is 49.1 Å². The van der Waals surface area contributed by atoms with Crippen molar-refractivity contribution in [3.8, 4) is 11.8 Å². The van der Waals surface area contributed by atoms with Gasteiger partial charge in [0, 0.05) is 24.7 Å². The third kappa shape index (κ3) is 6.52. The smallest absolute Gasteiger partial charge is 0.236 e. The second-order valence-electron chi connectivity index (χ2n) is 9.81. The summed E-state index contributed by atoms with van der Waals surface area (Å²) in [5.41, 5.74) is 3.10. The number of benzene rings is 2. The average molecular weight is 558 g/mol. The Kier molecular flexibility index (Phi) is 8.09. The standard InChI is InChI=1S/C27H29ClFN5O3S/c1-27(2,20-14-18(16-30)25(24(28)15-20)34-12-9-21(29)10-13-34)19-4-6-23(7-5-19)37-17-22-8-11-31-26(32-22)33-38(3,35)36/h4-8,11,14-15,21H,9-10,12-13,17H2,1-3H3,(H,31,32,33). The van der Waals surface area contributed by atoms with Crippen LogP contribution in [0.2, 0.25) is 5.02 Å². The minimum Gasteiger partial charge on any atom is -0.487 e. The van der Waals surface area contributed by atoms with Crippen molar-refractivity contribution >= 4 is 33.3 Å². The highest BCUT2D eigenvalue weighted by Gasteiger charge is 2.28. The van der Waals surface area contributed by atoms with Gasteiger partial charge in [-0.3, -0.25) is 4.72 Å². The Labute approximate surface area is 227 Å². The Bertz CT molecular complexity index is 1450. The molecule has 1 aliphatic heterocycles. The zero-order chi connectivity index (χ0) is 27.5. The van der Waals surface area contributed by atoms with E-state index in [9.17, 15) is 18.1 Å². The lowest BCUT2D eigenvalue weighted by Gasteiger charge is -2.33. The molecule has 2 aromatic carbocycles. The molecule has 1 saturated heterocycles. The molecule has 2 heterocycles. The van der Waals surface area contributed by atoms with E-state index in [0.717, 1.165) is 17.4 Å². The third-order valence-corrected chi connectivity index (χ3v) is 7.44. The van der Waals surface area contributed by atoms with Gasteiger partial charge in [-0.1, -0.05) is 37.6 Å². The number of nitrogens with zero attached hydrogens (tertiary/aromatic N) is 4. The molecule has 0 spiro atoms. The number of halogens is 2. The second-order valence-corrected chi connectivity index (χ2v) is 12.0.